The molecule has 132 valence electrons. The number of benzene rings is 2. The minimum atomic E-state index is -3.72. The van der Waals surface area contributed by atoms with Gasteiger partial charge in [-0.1, -0.05) is 18.2 Å². The first-order valence-electron chi connectivity index (χ1n) is 8.36. The Morgan fingerprint density at radius 2 is 1.92 bits per heavy atom. The summed E-state index contributed by atoms with van der Waals surface area (Å²) in [5.74, 6) is 1.53. The standard InChI is InChI=1S/C19H16N2O4S/c1-12-3-2-4-13-9-14-7-8-21(19(14)20-18(12)13)26(22,23)15-5-6-16-17(10-15)25-11-24-16/h2-6,9-10H,7-8,11H2,1H3. The highest BCUT2D eigenvalue weighted by atomic mass is 32.2. The molecule has 5 rings (SSSR count). The number of ether oxygens (including phenoxy) is 2. The van der Waals surface area contributed by atoms with Crippen molar-refractivity contribution >= 4 is 26.7 Å². The zero-order valence-corrected chi connectivity index (χ0v) is 14.9. The van der Waals surface area contributed by atoms with Gasteiger partial charge in [0.25, 0.3) is 10.0 Å². The van der Waals surface area contributed by atoms with Crippen LogP contribution in [0.1, 0.15) is 11.1 Å². The molecule has 0 unspecified atom stereocenters. The molecule has 6 nitrogen and oxygen atoms in total. The van der Waals surface area contributed by atoms with E-state index in [9.17, 15) is 8.42 Å². The summed E-state index contributed by atoms with van der Waals surface area (Å²) in [6.07, 6.45) is 0.649. The molecule has 0 saturated heterocycles. The Kier molecular flexibility index (Phi) is 3.18. The zero-order valence-electron chi connectivity index (χ0n) is 14.1. The van der Waals surface area contributed by atoms with Crippen molar-refractivity contribution < 1.29 is 17.9 Å². The third-order valence-corrected chi connectivity index (χ3v) is 6.64. The van der Waals surface area contributed by atoms with Gasteiger partial charge in [0.1, 0.15) is 5.82 Å². The summed E-state index contributed by atoms with van der Waals surface area (Å²) in [5, 5.41) is 1.03. The molecular weight excluding hydrogens is 352 g/mol. The van der Waals surface area contributed by atoms with Gasteiger partial charge in [-0.3, -0.25) is 0 Å². The van der Waals surface area contributed by atoms with E-state index in [1.165, 1.54) is 10.4 Å². The van der Waals surface area contributed by atoms with Gasteiger partial charge in [-0.25, -0.2) is 17.7 Å². The maximum absolute atomic E-state index is 13.2. The van der Waals surface area contributed by atoms with Gasteiger partial charge in [0, 0.05) is 18.0 Å². The summed E-state index contributed by atoms with van der Waals surface area (Å²) in [5.41, 5.74) is 2.81. The number of aromatic nitrogens is 1. The first-order valence-corrected chi connectivity index (χ1v) is 9.80. The molecule has 1 aromatic heterocycles. The van der Waals surface area contributed by atoms with Crippen LogP contribution in [-0.4, -0.2) is 26.7 Å². The van der Waals surface area contributed by atoms with Gasteiger partial charge in [0.15, 0.2) is 11.5 Å². The normalized spacial score (nSPS) is 15.5. The molecule has 0 spiro atoms. The maximum atomic E-state index is 13.2. The number of aryl methyl sites for hydroxylation is 1. The van der Waals surface area contributed by atoms with E-state index >= 15 is 0 Å². The summed E-state index contributed by atoms with van der Waals surface area (Å²) in [6, 6.07) is 12.7. The molecule has 26 heavy (non-hydrogen) atoms. The highest BCUT2D eigenvalue weighted by molar-refractivity contribution is 7.92. The van der Waals surface area contributed by atoms with E-state index in [1.807, 2.05) is 31.2 Å². The molecule has 0 bridgehead atoms. The van der Waals surface area contributed by atoms with E-state index in [2.05, 4.69) is 0 Å². The fourth-order valence-corrected chi connectivity index (χ4v) is 4.98. The second kappa shape index (κ2) is 5.35. The Labute approximate surface area is 151 Å². The van der Waals surface area contributed by atoms with Gasteiger partial charge in [0.2, 0.25) is 6.79 Å². The van der Waals surface area contributed by atoms with E-state index in [4.69, 9.17) is 14.5 Å². The predicted octanol–water partition coefficient (Wildman–Crippen LogP) is 3.02. The van der Waals surface area contributed by atoms with Crippen LogP contribution < -0.4 is 13.8 Å². The van der Waals surface area contributed by atoms with Crippen LogP contribution in [0.3, 0.4) is 0 Å². The second-order valence-electron chi connectivity index (χ2n) is 6.46. The van der Waals surface area contributed by atoms with E-state index in [-0.39, 0.29) is 11.7 Å². The smallest absolute Gasteiger partial charge is 0.265 e. The van der Waals surface area contributed by atoms with Gasteiger partial charge in [-0.05, 0) is 42.7 Å². The Bertz CT molecular complexity index is 1160. The molecule has 0 fully saturated rings. The summed E-state index contributed by atoms with van der Waals surface area (Å²) >= 11 is 0. The lowest BCUT2D eigenvalue weighted by molar-refractivity contribution is 0.174. The lowest BCUT2D eigenvalue weighted by Gasteiger charge is -2.19. The lowest BCUT2D eigenvalue weighted by atomic mass is 10.1. The van der Waals surface area contributed by atoms with Crippen LogP contribution in [0.2, 0.25) is 0 Å². The average Bonchev–Trinajstić information content (AvgIpc) is 3.26. The first kappa shape index (κ1) is 15.5. The summed E-state index contributed by atoms with van der Waals surface area (Å²) in [6.45, 7) is 2.47. The SMILES string of the molecule is Cc1cccc2cc3c(nc12)N(S(=O)(=O)c1ccc2c(c1)OCO2)CC3. The summed E-state index contributed by atoms with van der Waals surface area (Å²) in [4.78, 5) is 4.87. The van der Waals surface area contributed by atoms with E-state index in [0.29, 0.717) is 30.3 Å². The number of rotatable bonds is 2. The number of hydrogen-bond acceptors (Lipinski definition) is 5. The van der Waals surface area contributed by atoms with Crippen LogP contribution in [0.4, 0.5) is 5.82 Å². The van der Waals surface area contributed by atoms with Crippen LogP contribution in [0, 0.1) is 6.92 Å². The molecule has 3 heterocycles. The topological polar surface area (TPSA) is 68.7 Å². The molecule has 7 heteroatoms. The van der Waals surface area contributed by atoms with Crippen LogP contribution in [-0.2, 0) is 16.4 Å². The number of para-hydroxylation sites is 1. The van der Waals surface area contributed by atoms with E-state index in [0.717, 1.165) is 22.0 Å². The quantitative estimate of drug-likeness (QED) is 0.695. The molecule has 0 amide bonds. The number of pyridine rings is 1. The molecule has 0 saturated carbocycles. The third-order valence-electron chi connectivity index (χ3n) is 4.86. The maximum Gasteiger partial charge on any atom is 0.265 e. The van der Waals surface area contributed by atoms with Crippen molar-refractivity contribution in [1.29, 1.82) is 0 Å². The van der Waals surface area contributed by atoms with Crippen LogP contribution in [0.15, 0.2) is 47.4 Å². The highest BCUT2D eigenvalue weighted by Crippen LogP contribution is 2.38. The minimum absolute atomic E-state index is 0.109. The fourth-order valence-electron chi connectivity index (χ4n) is 3.51. The van der Waals surface area contributed by atoms with Gasteiger partial charge >= 0.3 is 0 Å². The Morgan fingerprint density at radius 1 is 1.08 bits per heavy atom. The molecule has 0 aliphatic carbocycles. The van der Waals surface area contributed by atoms with Crippen molar-refractivity contribution in [2.24, 2.45) is 0 Å². The molecule has 2 aromatic carbocycles. The molecule has 2 aliphatic rings. The van der Waals surface area contributed by atoms with Crippen molar-refractivity contribution in [3.63, 3.8) is 0 Å². The largest absolute Gasteiger partial charge is 0.454 e. The summed E-state index contributed by atoms with van der Waals surface area (Å²) in [7, 11) is -3.72. The number of nitrogens with zero attached hydrogens (tertiary/aromatic N) is 2. The van der Waals surface area contributed by atoms with Crippen molar-refractivity contribution in [1.82, 2.24) is 4.98 Å². The molecule has 0 atom stereocenters. The molecular formula is C19H16N2O4S. The van der Waals surface area contributed by atoms with Crippen molar-refractivity contribution in [3.05, 3.63) is 53.6 Å². The zero-order chi connectivity index (χ0) is 17.9. The molecule has 3 aromatic rings. The Balaban J connectivity index is 1.63. The number of sulfonamides is 1. The van der Waals surface area contributed by atoms with Crippen molar-refractivity contribution in [2.75, 3.05) is 17.6 Å². The van der Waals surface area contributed by atoms with Crippen molar-refractivity contribution in [3.8, 4) is 11.5 Å². The van der Waals surface area contributed by atoms with Gasteiger partial charge in [0.05, 0.1) is 10.4 Å². The average molecular weight is 368 g/mol. The molecule has 2 aliphatic heterocycles. The Hall–Kier alpha value is -2.80. The van der Waals surface area contributed by atoms with E-state index < -0.39 is 10.0 Å². The third kappa shape index (κ3) is 2.17. The van der Waals surface area contributed by atoms with Crippen molar-refractivity contribution in [2.45, 2.75) is 18.2 Å². The predicted molar refractivity (Wildman–Crippen MR) is 97.3 cm³/mol. The fraction of sp³-hybridized carbons (Fsp3) is 0.211. The second-order valence-corrected chi connectivity index (χ2v) is 8.32. The minimum Gasteiger partial charge on any atom is -0.454 e. The van der Waals surface area contributed by atoms with Crippen LogP contribution in [0.25, 0.3) is 10.9 Å². The first-order chi connectivity index (χ1) is 12.5. The highest BCUT2D eigenvalue weighted by Gasteiger charge is 2.33. The van der Waals surface area contributed by atoms with E-state index in [1.54, 1.807) is 12.1 Å². The number of anilines is 1. The monoisotopic (exact) mass is 368 g/mol. The number of fused-ring (bicyclic) bond motifs is 3. The lowest BCUT2D eigenvalue weighted by Crippen LogP contribution is -2.29. The molecule has 0 N–H and O–H groups in total. The molecule has 0 radical (unpaired) electrons. The summed E-state index contributed by atoms with van der Waals surface area (Å²) < 4.78 is 38.4. The van der Waals surface area contributed by atoms with Gasteiger partial charge in [-0.2, -0.15) is 0 Å². The number of hydrogen-bond donors (Lipinski definition) is 0. The van der Waals surface area contributed by atoms with Gasteiger partial charge < -0.3 is 9.47 Å². The van der Waals surface area contributed by atoms with Crippen LogP contribution in [0.5, 0.6) is 11.5 Å². The van der Waals surface area contributed by atoms with Gasteiger partial charge in [-0.15, -0.1) is 0 Å². The Morgan fingerprint density at radius 3 is 2.81 bits per heavy atom. The van der Waals surface area contributed by atoms with Crippen LogP contribution >= 0.6 is 0 Å².